The van der Waals surface area contributed by atoms with Gasteiger partial charge in [-0.1, -0.05) is 12.1 Å². The first-order chi connectivity index (χ1) is 8.31. The lowest BCUT2D eigenvalue weighted by atomic mass is 10.1. The maximum atomic E-state index is 12.0. The fourth-order valence-corrected chi connectivity index (χ4v) is 1.45. The van der Waals surface area contributed by atoms with Crippen molar-refractivity contribution in [3.8, 4) is 0 Å². The fraction of sp³-hybridized carbons (Fsp3) is 0.0833. The molecule has 5 nitrogen and oxygen atoms in total. The molecule has 0 fully saturated rings. The highest BCUT2D eigenvalue weighted by atomic mass is 16.1. The Morgan fingerprint density at radius 1 is 1.18 bits per heavy atom. The minimum absolute atomic E-state index is 0.213. The third kappa shape index (κ3) is 2.57. The van der Waals surface area contributed by atoms with Crippen LogP contribution in [-0.2, 0) is 0 Å². The summed E-state index contributed by atoms with van der Waals surface area (Å²) < 4.78 is 0. The molecule has 1 amide bonds. The average Bonchev–Trinajstić information content (AvgIpc) is 2.40. The molecule has 2 N–H and O–H groups in total. The van der Waals surface area contributed by atoms with Gasteiger partial charge in [-0.25, -0.2) is 0 Å². The first-order valence-corrected chi connectivity index (χ1v) is 5.17. The number of carbonyl (C=O) groups excluding carboxylic acids is 1. The molecule has 0 aliphatic carbocycles. The molecule has 5 heteroatoms. The molecule has 0 unspecified atom stereocenters. The third-order valence-corrected chi connectivity index (χ3v) is 2.25. The van der Waals surface area contributed by atoms with E-state index in [1.807, 2.05) is 18.2 Å². The van der Waals surface area contributed by atoms with Gasteiger partial charge in [-0.3, -0.25) is 4.79 Å². The van der Waals surface area contributed by atoms with Gasteiger partial charge in [0.05, 0.1) is 5.56 Å². The van der Waals surface area contributed by atoms with Crippen LogP contribution in [0.5, 0.6) is 0 Å². The number of anilines is 2. The van der Waals surface area contributed by atoms with Gasteiger partial charge in [-0.15, -0.1) is 5.10 Å². The molecule has 0 saturated heterocycles. The lowest BCUT2D eigenvalue weighted by Crippen LogP contribution is -2.14. The first kappa shape index (κ1) is 11.1. The Morgan fingerprint density at radius 3 is 2.71 bits per heavy atom. The van der Waals surface area contributed by atoms with Crippen LogP contribution in [0.1, 0.15) is 10.4 Å². The molecule has 0 bridgehead atoms. The highest BCUT2D eigenvalue weighted by Gasteiger charge is 2.10. The van der Waals surface area contributed by atoms with Gasteiger partial charge in [0.15, 0.2) is 5.82 Å². The molecule has 0 aliphatic rings. The number of amides is 1. The molecule has 0 saturated carbocycles. The number of hydrogen-bond acceptors (Lipinski definition) is 4. The lowest BCUT2D eigenvalue weighted by molar-refractivity contribution is 0.102. The summed E-state index contributed by atoms with van der Waals surface area (Å²) in [5, 5.41) is 13.1. The molecular formula is C12H12N4O. The Kier molecular flexibility index (Phi) is 3.30. The normalized spacial score (nSPS) is 9.71. The van der Waals surface area contributed by atoms with Crippen molar-refractivity contribution in [2.24, 2.45) is 0 Å². The van der Waals surface area contributed by atoms with Crippen molar-refractivity contribution in [3.63, 3.8) is 0 Å². The van der Waals surface area contributed by atoms with Crippen molar-refractivity contribution < 1.29 is 4.79 Å². The van der Waals surface area contributed by atoms with Crippen molar-refractivity contribution in [1.82, 2.24) is 10.2 Å². The molecule has 2 rings (SSSR count). The third-order valence-electron chi connectivity index (χ3n) is 2.25. The van der Waals surface area contributed by atoms with Crippen molar-refractivity contribution in [2.45, 2.75) is 0 Å². The van der Waals surface area contributed by atoms with Crippen molar-refractivity contribution >= 4 is 17.4 Å². The molecule has 17 heavy (non-hydrogen) atoms. The van der Waals surface area contributed by atoms with E-state index in [-0.39, 0.29) is 5.91 Å². The second-order valence-electron chi connectivity index (χ2n) is 3.36. The number of benzene rings is 1. The van der Waals surface area contributed by atoms with Crippen LogP contribution in [0.25, 0.3) is 0 Å². The van der Waals surface area contributed by atoms with E-state index in [9.17, 15) is 4.79 Å². The number of carbonyl (C=O) groups is 1. The van der Waals surface area contributed by atoms with Crippen LogP contribution in [-0.4, -0.2) is 23.2 Å². The minimum Gasteiger partial charge on any atom is -0.387 e. The number of nitrogens with zero attached hydrogens (tertiary/aromatic N) is 2. The Balaban J connectivity index is 2.20. The van der Waals surface area contributed by atoms with Crippen LogP contribution in [0.4, 0.5) is 11.5 Å². The van der Waals surface area contributed by atoms with Gasteiger partial charge in [0.1, 0.15) is 0 Å². The van der Waals surface area contributed by atoms with E-state index >= 15 is 0 Å². The zero-order chi connectivity index (χ0) is 12.1. The molecule has 1 heterocycles. The van der Waals surface area contributed by atoms with E-state index in [4.69, 9.17) is 0 Å². The molecular weight excluding hydrogens is 216 g/mol. The van der Waals surface area contributed by atoms with Gasteiger partial charge >= 0.3 is 0 Å². The Morgan fingerprint density at radius 2 is 2.00 bits per heavy atom. The Hall–Kier alpha value is -2.43. The average molecular weight is 228 g/mol. The van der Waals surface area contributed by atoms with Gasteiger partial charge in [-0.05, 0) is 24.3 Å². The predicted octanol–water partition coefficient (Wildman–Crippen LogP) is 1.77. The zero-order valence-electron chi connectivity index (χ0n) is 9.34. The van der Waals surface area contributed by atoms with Crippen LogP contribution in [0.15, 0.2) is 42.6 Å². The fourth-order valence-electron chi connectivity index (χ4n) is 1.45. The molecule has 0 aliphatic heterocycles. The van der Waals surface area contributed by atoms with Crippen LogP contribution in [0.2, 0.25) is 0 Å². The van der Waals surface area contributed by atoms with Crippen molar-refractivity contribution in [1.29, 1.82) is 0 Å². The number of rotatable bonds is 3. The standard InChI is InChI=1S/C12H12N4O/c1-13-10-6-3-2-5-9(10)12(17)15-11-7-4-8-14-16-11/h2-8,13H,1H3,(H,15,16,17). The maximum absolute atomic E-state index is 12.0. The van der Waals surface area contributed by atoms with Crippen molar-refractivity contribution in [3.05, 3.63) is 48.2 Å². The quantitative estimate of drug-likeness (QED) is 0.840. The molecule has 0 atom stereocenters. The van der Waals surface area contributed by atoms with E-state index in [1.54, 1.807) is 31.4 Å². The summed E-state index contributed by atoms with van der Waals surface area (Å²) in [4.78, 5) is 12.0. The van der Waals surface area contributed by atoms with Gasteiger partial charge in [0, 0.05) is 18.9 Å². The molecule has 2 aromatic rings. The minimum atomic E-state index is -0.213. The number of para-hydroxylation sites is 1. The van der Waals surface area contributed by atoms with E-state index in [0.29, 0.717) is 11.4 Å². The second kappa shape index (κ2) is 5.07. The van der Waals surface area contributed by atoms with Crippen LogP contribution in [0, 0.1) is 0 Å². The Labute approximate surface area is 98.9 Å². The molecule has 1 aromatic heterocycles. The summed E-state index contributed by atoms with van der Waals surface area (Å²) in [5.41, 5.74) is 1.34. The molecule has 0 radical (unpaired) electrons. The predicted molar refractivity (Wildman–Crippen MR) is 66.0 cm³/mol. The molecule has 86 valence electrons. The van der Waals surface area contributed by atoms with Crippen LogP contribution < -0.4 is 10.6 Å². The summed E-state index contributed by atoms with van der Waals surface area (Å²) >= 11 is 0. The van der Waals surface area contributed by atoms with E-state index in [0.717, 1.165) is 5.69 Å². The lowest BCUT2D eigenvalue weighted by Gasteiger charge is -2.08. The summed E-state index contributed by atoms with van der Waals surface area (Å²) in [6, 6.07) is 10.7. The summed E-state index contributed by atoms with van der Waals surface area (Å²) in [6.45, 7) is 0. The summed E-state index contributed by atoms with van der Waals surface area (Å²) in [7, 11) is 1.77. The van der Waals surface area contributed by atoms with E-state index in [1.165, 1.54) is 0 Å². The van der Waals surface area contributed by atoms with Crippen LogP contribution >= 0.6 is 0 Å². The monoisotopic (exact) mass is 228 g/mol. The van der Waals surface area contributed by atoms with Gasteiger partial charge < -0.3 is 10.6 Å². The second-order valence-corrected chi connectivity index (χ2v) is 3.36. The van der Waals surface area contributed by atoms with Gasteiger partial charge in [0.2, 0.25) is 0 Å². The highest BCUT2D eigenvalue weighted by Crippen LogP contribution is 2.15. The summed E-state index contributed by atoms with van der Waals surface area (Å²) in [5.74, 6) is 0.221. The number of hydrogen-bond donors (Lipinski definition) is 2. The highest BCUT2D eigenvalue weighted by molar-refractivity contribution is 6.07. The van der Waals surface area contributed by atoms with E-state index < -0.39 is 0 Å². The first-order valence-electron chi connectivity index (χ1n) is 5.17. The molecule has 1 aromatic carbocycles. The number of nitrogens with one attached hydrogen (secondary N) is 2. The smallest absolute Gasteiger partial charge is 0.258 e. The maximum Gasteiger partial charge on any atom is 0.258 e. The number of aromatic nitrogens is 2. The summed E-state index contributed by atoms with van der Waals surface area (Å²) in [6.07, 6.45) is 1.55. The van der Waals surface area contributed by atoms with Crippen molar-refractivity contribution in [2.75, 3.05) is 17.7 Å². The van der Waals surface area contributed by atoms with Gasteiger partial charge in [-0.2, -0.15) is 5.10 Å². The Bertz CT molecular complexity index is 513. The molecule has 0 spiro atoms. The van der Waals surface area contributed by atoms with E-state index in [2.05, 4.69) is 20.8 Å². The zero-order valence-corrected chi connectivity index (χ0v) is 9.34. The van der Waals surface area contributed by atoms with Gasteiger partial charge in [0.25, 0.3) is 5.91 Å². The van der Waals surface area contributed by atoms with Crippen LogP contribution in [0.3, 0.4) is 0 Å². The topological polar surface area (TPSA) is 66.9 Å². The SMILES string of the molecule is CNc1ccccc1C(=O)Nc1cccnn1. The largest absolute Gasteiger partial charge is 0.387 e.